The topological polar surface area (TPSA) is 9.86 Å². The van der Waals surface area contributed by atoms with Gasteiger partial charge in [-0.15, -0.1) is 11.3 Å². The fourth-order valence-electron chi connectivity index (χ4n) is 6.42. The second-order valence-corrected chi connectivity index (χ2v) is 11.3. The predicted octanol–water partition coefficient (Wildman–Crippen LogP) is 10.2. The highest BCUT2D eigenvalue weighted by atomic mass is 32.1. The molecular formula is C36H22N2S. The molecular weight excluding hydrogens is 492 g/mol. The number of hydrogen-bond acceptors (Lipinski definition) is 1. The number of nitrogens with zero attached hydrogens (tertiary/aromatic N) is 2. The quantitative estimate of drug-likeness (QED) is 0.217. The van der Waals surface area contributed by atoms with Crippen LogP contribution in [-0.4, -0.2) is 9.13 Å². The van der Waals surface area contributed by atoms with Gasteiger partial charge in [-0.05, 0) is 60.7 Å². The van der Waals surface area contributed by atoms with Crippen molar-refractivity contribution >= 4 is 75.1 Å². The van der Waals surface area contributed by atoms with E-state index in [1.54, 1.807) is 0 Å². The molecule has 0 amide bonds. The van der Waals surface area contributed by atoms with Gasteiger partial charge in [-0.1, -0.05) is 72.8 Å². The summed E-state index contributed by atoms with van der Waals surface area (Å²) < 4.78 is 7.51. The standard InChI is InChI=1S/C36H22N2S/c1-2-10-23(11-3-1)37-31-15-7-4-12-25(31)28-22-34-29(21-33(28)37)26-13-5-8-16-32(26)38(34)24-18-19-36-30(20-24)27-14-6-9-17-35(27)39-36/h1-22H. The van der Waals surface area contributed by atoms with E-state index in [0.717, 1.165) is 0 Å². The fourth-order valence-corrected chi connectivity index (χ4v) is 7.50. The van der Waals surface area contributed by atoms with Crippen LogP contribution in [-0.2, 0) is 0 Å². The number of hydrogen-bond donors (Lipinski definition) is 0. The molecule has 0 spiro atoms. The Kier molecular flexibility index (Phi) is 4.24. The number of aromatic nitrogens is 2. The third kappa shape index (κ3) is 2.91. The summed E-state index contributed by atoms with van der Waals surface area (Å²) in [6.45, 7) is 0. The van der Waals surface area contributed by atoms with Gasteiger partial charge < -0.3 is 9.13 Å². The molecule has 0 aliphatic heterocycles. The molecule has 9 aromatic rings. The minimum absolute atomic E-state index is 1.18. The maximum Gasteiger partial charge on any atom is 0.0548 e. The van der Waals surface area contributed by atoms with Crippen molar-refractivity contribution in [3.8, 4) is 11.4 Å². The molecule has 0 saturated heterocycles. The first-order valence-electron chi connectivity index (χ1n) is 13.3. The van der Waals surface area contributed by atoms with E-state index in [0.29, 0.717) is 0 Å². The Morgan fingerprint density at radius 1 is 0.333 bits per heavy atom. The van der Waals surface area contributed by atoms with Crippen molar-refractivity contribution in [3.05, 3.63) is 133 Å². The minimum Gasteiger partial charge on any atom is -0.309 e. The summed E-state index contributed by atoms with van der Waals surface area (Å²) in [5.74, 6) is 0. The highest BCUT2D eigenvalue weighted by Crippen LogP contribution is 2.41. The first-order chi connectivity index (χ1) is 19.3. The molecule has 0 saturated carbocycles. The smallest absolute Gasteiger partial charge is 0.0548 e. The zero-order chi connectivity index (χ0) is 25.5. The van der Waals surface area contributed by atoms with Crippen LogP contribution >= 0.6 is 11.3 Å². The van der Waals surface area contributed by atoms with Gasteiger partial charge in [0.15, 0.2) is 0 Å². The van der Waals surface area contributed by atoms with E-state index in [1.165, 1.54) is 75.2 Å². The van der Waals surface area contributed by atoms with Crippen LogP contribution in [0.5, 0.6) is 0 Å². The van der Waals surface area contributed by atoms with E-state index in [4.69, 9.17) is 0 Å². The molecule has 0 N–H and O–H groups in total. The maximum atomic E-state index is 2.45. The van der Waals surface area contributed by atoms with Gasteiger partial charge in [-0.3, -0.25) is 0 Å². The Bertz CT molecular complexity index is 2390. The summed E-state index contributed by atoms with van der Waals surface area (Å²) in [6.07, 6.45) is 0. The van der Waals surface area contributed by atoms with Gasteiger partial charge in [0.25, 0.3) is 0 Å². The molecule has 0 unspecified atom stereocenters. The second kappa shape index (κ2) is 7.83. The number of thiophene rings is 1. The lowest BCUT2D eigenvalue weighted by Gasteiger charge is -2.09. The first-order valence-corrected chi connectivity index (χ1v) is 14.1. The van der Waals surface area contributed by atoms with Gasteiger partial charge in [0, 0.05) is 53.1 Å². The Morgan fingerprint density at radius 2 is 0.872 bits per heavy atom. The molecule has 2 nitrogen and oxygen atoms in total. The fraction of sp³-hybridized carbons (Fsp3) is 0. The number of benzene rings is 6. The van der Waals surface area contributed by atoms with Crippen LogP contribution < -0.4 is 0 Å². The third-order valence-electron chi connectivity index (χ3n) is 8.10. The summed E-state index contributed by atoms with van der Waals surface area (Å²) in [4.78, 5) is 0. The molecule has 0 fully saturated rings. The summed E-state index contributed by atoms with van der Waals surface area (Å²) in [7, 11) is 0. The lowest BCUT2D eigenvalue weighted by atomic mass is 10.1. The van der Waals surface area contributed by atoms with Crippen molar-refractivity contribution in [1.82, 2.24) is 9.13 Å². The molecule has 9 rings (SSSR count). The zero-order valence-corrected chi connectivity index (χ0v) is 21.8. The molecule has 3 heterocycles. The SMILES string of the molecule is c1ccc(-n2c3ccccc3c3cc4c(cc32)c2ccccc2n4-c2ccc3sc4ccccc4c3c2)cc1. The molecule has 0 radical (unpaired) electrons. The number of fused-ring (bicyclic) bond motifs is 9. The predicted molar refractivity (Wildman–Crippen MR) is 168 cm³/mol. The maximum absolute atomic E-state index is 2.45. The molecule has 0 bridgehead atoms. The van der Waals surface area contributed by atoms with E-state index in [-0.39, 0.29) is 0 Å². The Hall–Kier alpha value is -4.86. The van der Waals surface area contributed by atoms with Crippen LogP contribution in [0.4, 0.5) is 0 Å². The van der Waals surface area contributed by atoms with Crippen LogP contribution in [0, 0.1) is 0 Å². The average molecular weight is 515 g/mol. The van der Waals surface area contributed by atoms with Crippen molar-refractivity contribution < 1.29 is 0 Å². The molecule has 3 aromatic heterocycles. The summed E-state index contributed by atoms with van der Waals surface area (Å²) in [6, 6.07) is 48.7. The number of rotatable bonds is 2. The summed E-state index contributed by atoms with van der Waals surface area (Å²) in [5.41, 5.74) is 7.31. The molecule has 39 heavy (non-hydrogen) atoms. The lowest BCUT2D eigenvalue weighted by molar-refractivity contribution is 1.18. The third-order valence-corrected chi connectivity index (χ3v) is 9.25. The van der Waals surface area contributed by atoms with Gasteiger partial charge >= 0.3 is 0 Å². The lowest BCUT2D eigenvalue weighted by Crippen LogP contribution is -1.94. The molecule has 0 atom stereocenters. The first kappa shape index (κ1) is 21.1. The molecule has 0 aliphatic carbocycles. The van der Waals surface area contributed by atoms with Crippen LogP contribution in [0.3, 0.4) is 0 Å². The van der Waals surface area contributed by atoms with Crippen molar-refractivity contribution in [1.29, 1.82) is 0 Å². The monoisotopic (exact) mass is 514 g/mol. The van der Waals surface area contributed by atoms with Gasteiger partial charge in [-0.2, -0.15) is 0 Å². The van der Waals surface area contributed by atoms with Gasteiger partial charge in [0.2, 0.25) is 0 Å². The van der Waals surface area contributed by atoms with E-state index in [2.05, 4.69) is 143 Å². The average Bonchev–Trinajstić information content (AvgIpc) is 3.63. The molecule has 6 aromatic carbocycles. The van der Waals surface area contributed by atoms with Crippen LogP contribution in [0.15, 0.2) is 133 Å². The van der Waals surface area contributed by atoms with Gasteiger partial charge in [0.1, 0.15) is 0 Å². The molecule has 0 aliphatic rings. The highest BCUT2D eigenvalue weighted by molar-refractivity contribution is 7.25. The van der Waals surface area contributed by atoms with Gasteiger partial charge in [0.05, 0.1) is 22.1 Å². The largest absolute Gasteiger partial charge is 0.309 e. The molecule has 182 valence electrons. The van der Waals surface area contributed by atoms with E-state index in [9.17, 15) is 0 Å². The van der Waals surface area contributed by atoms with Crippen molar-refractivity contribution in [3.63, 3.8) is 0 Å². The van der Waals surface area contributed by atoms with Crippen LogP contribution in [0.25, 0.3) is 75.2 Å². The normalized spacial score (nSPS) is 12.1. The van der Waals surface area contributed by atoms with Crippen LogP contribution in [0.2, 0.25) is 0 Å². The Balaban J connectivity index is 1.43. The van der Waals surface area contributed by atoms with Crippen molar-refractivity contribution in [2.24, 2.45) is 0 Å². The summed E-state index contributed by atoms with van der Waals surface area (Å²) >= 11 is 1.87. The van der Waals surface area contributed by atoms with E-state index in [1.807, 2.05) is 11.3 Å². The van der Waals surface area contributed by atoms with E-state index >= 15 is 0 Å². The summed E-state index contributed by atoms with van der Waals surface area (Å²) in [5, 5.41) is 7.74. The second-order valence-electron chi connectivity index (χ2n) is 10.2. The Labute approximate surface area is 228 Å². The van der Waals surface area contributed by atoms with Gasteiger partial charge in [-0.25, -0.2) is 0 Å². The minimum atomic E-state index is 1.18. The van der Waals surface area contributed by atoms with Crippen molar-refractivity contribution in [2.75, 3.05) is 0 Å². The molecule has 3 heteroatoms. The van der Waals surface area contributed by atoms with E-state index < -0.39 is 0 Å². The number of para-hydroxylation sites is 3. The zero-order valence-electron chi connectivity index (χ0n) is 21.0. The van der Waals surface area contributed by atoms with Crippen LogP contribution in [0.1, 0.15) is 0 Å². The Morgan fingerprint density at radius 3 is 1.56 bits per heavy atom. The van der Waals surface area contributed by atoms with Crippen molar-refractivity contribution in [2.45, 2.75) is 0 Å². The highest BCUT2D eigenvalue weighted by Gasteiger charge is 2.18.